The van der Waals surface area contributed by atoms with Crippen molar-refractivity contribution in [3.8, 4) is 11.5 Å². The molecule has 1 amide bonds. The molecular weight excluding hydrogens is 324 g/mol. The van der Waals surface area contributed by atoms with E-state index in [4.69, 9.17) is 14.3 Å². The van der Waals surface area contributed by atoms with E-state index in [2.05, 4.69) is 4.98 Å². The van der Waals surface area contributed by atoms with Crippen molar-refractivity contribution in [2.45, 2.75) is 25.9 Å². The minimum absolute atomic E-state index is 0.102. The quantitative estimate of drug-likeness (QED) is 0.890. The number of hydrogen-bond donors (Lipinski definition) is 1. The molecule has 1 unspecified atom stereocenters. The lowest BCUT2D eigenvalue weighted by molar-refractivity contribution is -0.147. The van der Waals surface area contributed by atoms with Crippen LogP contribution in [0.2, 0.25) is 0 Å². The Kier molecular flexibility index (Phi) is 5.14. The van der Waals surface area contributed by atoms with Crippen LogP contribution in [0.15, 0.2) is 34.7 Å². The van der Waals surface area contributed by atoms with Crippen LogP contribution < -0.4 is 0 Å². The minimum atomic E-state index is -0.931. The Morgan fingerprint density at radius 2 is 2.08 bits per heavy atom. The van der Waals surface area contributed by atoms with E-state index in [0.29, 0.717) is 30.5 Å². The van der Waals surface area contributed by atoms with Crippen LogP contribution in [0.1, 0.15) is 17.9 Å². The van der Waals surface area contributed by atoms with Gasteiger partial charge >= 0.3 is 5.97 Å². The average Bonchev–Trinajstić information content (AvgIpc) is 2.96. The summed E-state index contributed by atoms with van der Waals surface area (Å²) in [7, 11) is 0. The number of amides is 1. The number of hydrogen-bond acceptors (Lipinski definition) is 5. The lowest BCUT2D eigenvalue weighted by atomic mass is 10.1. The SMILES string of the molecule is Cc1oc(-c2ccccc2)nc1CC(=O)N1CCOC(CC(=O)O)C1. The Hall–Kier alpha value is -2.67. The smallest absolute Gasteiger partial charge is 0.306 e. The molecule has 1 atom stereocenters. The number of carboxylic acid groups (broad SMARTS) is 1. The van der Waals surface area contributed by atoms with Crippen LogP contribution in [0.5, 0.6) is 0 Å². The predicted molar refractivity (Wildman–Crippen MR) is 89.0 cm³/mol. The first-order valence-corrected chi connectivity index (χ1v) is 8.16. The molecule has 25 heavy (non-hydrogen) atoms. The zero-order valence-corrected chi connectivity index (χ0v) is 14.0. The zero-order valence-electron chi connectivity index (χ0n) is 14.0. The van der Waals surface area contributed by atoms with Gasteiger partial charge in [-0.2, -0.15) is 0 Å². The van der Waals surface area contributed by atoms with Crippen LogP contribution in [0.25, 0.3) is 11.5 Å². The van der Waals surface area contributed by atoms with Crippen molar-refractivity contribution in [2.75, 3.05) is 19.7 Å². The van der Waals surface area contributed by atoms with E-state index in [1.165, 1.54) is 0 Å². The molecular formula is C18H20N2O5. The Balaban J connectivity index is 1.67. The van der Waals surface area contributed by atoms with Crippen LogP contribution in [0.3, 0.4) is 0 Å². The summed E-state index contributed by atoms with van der Waals surface area (Å²) in [5.74, 6) is 0.0722. The van der Waals surface area contributed by atoms with Crippen molar-refractivity contribution in [3.05, 3.63) is 41.8 Å². The van der Waals surface area contributed by atoms with Crippen LogP contribution in [0, 0.1) is 6.92 Å². The van der Waals surface area contributed by atoms with Gasteiger partial charge in [0.1, 0.15) is 5.76 Å². The summed E-state index contributed by atoms with van der Waals surface area (Å²) < 4.78 is 11.1. The fourth-order valence-corrected chi connectivity index (χ4v) is 2.82. The number of aryl methyl sites for hydroxylation is 1. The highest BCUT2D eigenvalue weighted by Crippen LogP contribution is 2.22. The van der Waals surface area contributed by atoms with Gasteiger partial charge in [0.2, 0.25) is 11.8 Å². The van der Waals surface area contributed by atoms with Crippen molar-refractivity contribution >= 4 is 11.9 Å². The molecule has 1 fully saturated rings. The molecule has 0 spiro atoms. The van der Waals surface area contributed by atoms with E-state index < -0.39 is 12.1 Å². The van der Waals surface area contributed by atoms with Gasteiger partial charge in [-0.1, -0.05) is 18.2 Å². The summed E-state index contributed by atoms with van der Waals surface area (Å²) in [6.45, 7) is 2.87. The number of aliphatic carboxylic acids is 1. The number of carbonyl (C=O) groups excluding carboxylic acids is 1. The number of carbonyl (C=O) groups is 2. The Morgan fingerprint density at radius 1 is 1.32 bits per heavy atom. The molecule has 7 nitrogen and oxygen atoms in total. The second-order valence-electron chi connectivity index (χ2n) is 6.00. The molecule has 0 bridgehead atoms. The second kappa shape index (κ2) is 7.48. The third-order valence-corrected chi connectivity index (χ3v) is 4.13. The molecule has 0 saturated carbocycles. The molecule has 2 heterocycles. The van der Waals surface area contributed by atoms with Crippen LogP contribution in [-0.2, 0) is 20.7 Å². The maximum atomic E-state index is 12.5. The summed E-state index contributed by atoms with van der Waals surface area (Å²) in [4.78, 5) is 29.4. The van der Waals surface area contributed by atoms with E-state index >= 15 is 0 Å². The Labute approximate surface area is 145 Å². The number of benzene rings is 1. The van der Waals surface area contributed by atoms with Crippen molar-refractivity contribution in [1.82, 2.24) is 9.88 Å². The van der Waals surface area contributed by atoms with Gasteiger partial charge in [0.05, 0.1) is 31.2 Å². The molecule has 0 aliphatic carbocycles. The molecule has 1 aromatic heterocycles. The van der Waals surface area contributed by atoms with E-state index in [9.17, 15) is 9.59 Å². The van der Waals surface area contributed by atoms with Gasteiger partial charge in [-0.3, -0.25) is 9.59 Å². The maximum Gasteiger partial charge on any atom is 0.306 e. The molecule has 0 radical (unpaired) electrons. The molecule has 1 N–H and O–H groups in total. The zero-order chi connectivity index (χ0) is 17.8. The largest absolute Gasteiger partial charge is 0.481 e. The summed E-state index contributed by atoms with van der Waals surface area (Å²) in [6.07, 6.45) is -0.444. The van der Waals surface area contributed by atoms with Crippen LogP contribution in [0.4, 0.5) is 0 Å². The topological polar surface area (TPSA) is 92.9 Å². The first-order valence-electron chi connectivity index (χ1n) is 8.16. The summed E-state index contributed by atoms with van der Waals surface area (Å²) >= 11 is 0. The number of oxazole rings is 1. The van der Waals surface area contributed by atoms with Crippen molar-refractivity contribution < 1.29 is 23.8 Å². The number of morpholine rings is 1. The van der Waals surface area contributed by atoms with Crippen molar-refractivity contribution in [3.63, 3.8) is 0 Å². The first kappa shape index (κ1) is 17.2. The molecule has 3 rings (SSSR count). The molecule has 1 aliphatic heterocycles. The van der Waals surface area contributed by atoms with Crippen LogP contribution >= 0.6 is 0 Å². The van der Waals surface area contributed by atoms with Gasteiger partial charge in [-0.15, -0.1) is 0 Å². The molecule has 1 saturated heterocycles. The summed E-state index contributed by atoms with van der Waals surface area (Å²) in [6, 6.07) is 9.51. The maximum absolute atomic E-state index is 12.5. The van der Waals surface area contributed by atoms with Crippen molar-refractivity contribution in [2.24, 2.45) is 0 Å². The average molecular weight is 344 g/mol. The van der Waals surface area contributed by atoms with Gasteiger partial charge in [-0.25, -0.2) is 4.98 Å². The number of carboxylic acids is 1. The number of rotatable bonds is 5. The van der Waals surface area contributed by atoms with Crippen LogP contribution in [-0.4, -0.2) is 52.7 Å². The van der Waals surface area contributed by atoms with Gasteiger partial charge in [0, 0.05) is 18.7 Å². The molecule has 7 heteroatoms. The molecule has 1 aromatic carbocycles. The Morgan fingerprint density at radius 3 is 2.80 bits per heavy atom. The van der Waals surface area contributed by atoms with E-state index in [-0.39, 0.29) is 25.3 Å². The Bertz CT molecular complexity index is 756. The first-order chi connectivity index (χ1) is 12.0. The standard InChI is InChI=1S/C18H20N2O5/c1-12-15(19-18(25-12)13-5-3-2-4-6-13)10-16(21)20-7-8-24-14(11-20)9-17(22)23/h2-6,14H,7-11H2,1H3,(H,22,23). The third kappa shape index (κ3) is 4.24. The lowest BCUT2D eigenvalue weighted by Gasteiger charge is -2.32. The van der Waals surface area contributed by atoms with Gasteiger partial charge < -0.3 is 19.2 Å². The normalized spacial score (nSPS) is 17.5. The van der Waals surface area contributed by atoms with Crippen molar-refractivity contribution in [1.29, 1.82) is 0 Å². The number of nitrogens with zero attached hydrogens (tertiary/aromatic N) is 2. The summed E-state index contributed by atoms with van der Waals surface area (Å²) in [5.41, 5.74) is 1.46. The van der Waals surface area contributed by atoms with Gasteiger partial charge in [0.15, 0.2) is 0 Å². The van der Waals surface area contributed by atoms with E-state index in [1.54, 1.807) is 11.8 Å². The predicted octanol–water partition coefficient (Wildman–Crippen LogP) is 1.89. The monoisotopic (exact) mass is 344 g/mol. The molecule has 2 aromatic rings. The summed E-state index contributed by atoms with van der Waals surface area (Å²) in [5, 5.41) is 8.87. The van der Waals surface area contributed by atoms with E-state index in [0.717, 1.165) is 5.56 Å². The fourth-order valence-electron chi connectivity index (χ4n) is 2.82. The number of aromatic nitrogens is 1. The van der Waals surface area contributed by atoms with Gasteiger partial charge in [-0.05, 0) is 19.1 Å². The highest BCUT2D eigenvalue weighted by atomic mass is 16.5. The third-order valence-electron chi connectivity index (χ3n) is 4.13. The molecule has 1 aliphatic rings. The van der Waals surface area contributed by atoms with E-state index in [1.807, 2.05) is 30.3 Å². The highest BCUT2D eigenvalue weighted by Gasteiger charge is 2.27. The second-order valence-corrected chi connectivity index (χ2v) is 6.00. The number of ether oxygens (including phenoxy) is 1. The minimum Gasteiger partial charge on any atom is -0.481 e. The fraction of sp³-hybridized carbons (Fsp3) is 0.389. The van der Waals surface area contributed by atoms with Gasteiger partial charge in [0.25, 0.3) is 0 Å². The molecule has 132 valence electrons. The lowest BCUT2D eigenvalue weighted by Crippen LogP contribution is -2.46. The highest BCUT2D eigenvalue weighted by molar-refractivity contribution is 5.79.